The minimum Gasteiger partial charge on any atom is -0.480 e. The molecule has 8 heteroatoms. The number of nitrogens with zero attached hydrogens (tertiary/aromatic N) is 5. The summed E-state index contributed by atoms with van der Waals surface area (Å²) < 4.78 is 26.1. The fraction of sp³-hybridized carbons (Fsp3) is 0.400. The van der Waals surface area contributed by atoms with Gasteiger partial charge in [-0.15, -0.1) is 0 Å². The SMILES string of the molecule is CCC(C)=C(C)c1ncc(COc2nc(-c3c(OC)ncnc3C3CC3)ncc2C)cc1F. The number of aryl methyl sites for hydroxylation is 1. The van der Waals surface area contributed by atoms with Gasteiger partial charge in [0.05, 0.1) is 12.8 Å². The number of aromatic nitrogens is 5. The molecule has 1 saturated carbocycles. The second kappa shape index (κ2) is 9.60. The second-order valence-corrected chi connectivity index (χ2v) is 8.32. The molecule has 3 aromatic rings. The smallest absolute Gasteiger partial charge is 0.227 e. The van der Waals surface area contributed by atoms with Crippen molar-refractivity contribution in [3.63, 3.8) is 0 Å². The predicted molar refractivity (Wildman–Crippen MR) is 123 cm³/mol. The fourth-order valence-corrected chi connectivity index (χ4v) is 3.56. The highest BCUT2D eigenvalue weighted by molar-refractivity contribution is 5.66. The molecule has 1 aliphatic carbocycles. The first-order chi connectivity index (χ1) is 15.9. The van der Waals surface area contributed by atoms with Gasteiger partial charge in [0.2, 0.25) is 11.8 Å². The summed E-state index contributed by atoms with van der Waals surface area (Å²) in [6.45, 7) is 7.92. The number of pyridine rings is 1. The van der Waals surface area contributed by atoms with Gasteiger partial charge < -0.3 is 9.47 Å². The van der Waals surface area contributed by atoms with E-state index in [0.29, 0.717) is 40.3 Å². The Balaban J connectivity index is 1.59. The van der Waals surface area contributed by atoms with Gasteiger partial charge >= 0.3 is 0 Å². The summed E-state index contributed by atoms with van der Waals surface area (Å²) in [5, 5.41) is 0. The number of ether oxygens (including phenoxy) is 2. The topological polar surface area (TPSA) is 82.9 Å². The summed E-state index contributed by atoms with van der Waals surface area (Å²) in [5.41, 5.74) is 5.33. The lowest BCUT2D eigenvalue weighted by Gasteiger charge is -2.13. The minimum absolute atomic E-state index is 0.134. The maximum Gasteiger partial charge on any atom is 0.227 e. The van der Waals surface area contributed by atoms with Crippen LogP contribution < -0.4 is 9.47 Å². The molecule has 33 heavy (non-hydrogen) atoms. The molecule has 0 saturated heterocycles. The van der Waals surface area contributed by atoms with Crippen LogP contribution in [-0.4, -0.2) is 32.0 Å². The number of hydrogen-bond donors (Lipinski definition) is 0. The van der Waals surface area contributed by atoms with E-state index in [9.17, 15) is 4.39 Å². The third-order valence-corrected chi connectivity index (χ3v) is 5.95. The van der Waals surface area contributed by atoms with Crippen molar-refractivity contribution in [2.24, 2.45) is 0 Å². The maximum atomic E-state index is 14.7. The van der Waals surface area contributed by atoms with E-state index in [4.69, 9.17) is 9.47 Å². The first kappa shape index (κ1) is 22.8. The van der Waals surface area contributed by atoms with E-state index < -0.39 is 0 Å². The zero-order valence-electron chi connectivity index (χ0n) is 19.6. The molecule has 172 valence electrons. The molecule has 0 atom stereocenters. The van der Waals surface area contributed by atoms with Crippen LogP contribution >= 0.6 is 0 Å². The van der Waals surface area contributed by atoms with Gasteiger partial charge in [0.25, 0.3) is 0 Å². The average molecular weight is 450 g/mol. The molecule has 0 radical (unpaired) electrons. The van der Waals surface area contributed by atoms with E-state index in [2.05, 4.69) is 24.9 Å². The zero-order valence-corrected chi connectivity index (χ0v) is 19.6. The summed E-state index contributed by atoms with van der Waals surface area (Å²) in [5.74, 6) is 1.31. The minimum atomic E-state index is -0.359. The van der Waals surface area contributed by atoms with Crippen molar-refractivity contribution in [1.82, 2.24) is 24.9 Å². The summed E-state index contributed by atoms with van der Waals surface area (Å²) >= 11 is 0. The Morgan fingerprint density at radius 2 is 1.88 bits per heavy atom. The second-order valence-electron chi connectivity index (χ2n) is 8.32. The number of rotatable bonds is 8. The molecule has 0 bridgehead atoms. The molecule has 0 aromatic carbocycles. The molecule has 7 nitrogen and oxygen atoms in total. The van der Waals surface area contributed by atoms with Crippen LogP contribution in [0.25, 0.3) is 17.0 Å². The van der Waals surface area contributed by atoms with Crippen LogP contribution in [0.5, 0.6) is 11.8 Å². The van der Waals surface area contributed by atoms with Gasteiger partial charge in [-0.3, -0.25) is 4.98 Å². The Kier molecular flexibility index (Phi) is 6.62. The Hall–Kier alpha value is -3.42. The highest BCUT2D eigenvalue weighted by Gasteiger charge is 2.31. The summed E-state index contributed by atoms with van der Waals surface area (Å²) in [6.07, 6.45) is 7.84. The Morgan fingerprint density at radius 1 is 1.09 bits per heavy atom. The van der Waals surface area contributed by atoms with E-state index in [1.807, 2.05) is 27.7 Å². The van der Waals surface area contributed by atoms with E-state index in [1.165, 1.54) is 12.4 Å². The van der Waals surface area contributed by atoms with Gasteiger partial charge in [-0.1, -0.05) is 12.5 Å². The third-order valence-electron chi connectivity index (χ3n) is 5.95. The Bertz CT molecular complexity index is 1210. The van der Waals surface area contributed by atoms with Crippen LogP contribution in [0.3, 0.4) is 0 Å². The average Bonchev–Trinajstić information content (AvgIpc) is 3.67. The van der Waals surface area contributed by atoms with Crippen LogP contribution in [0.1, 0.15) is 68.5 Å². The molecule has 0 aliphatic heterocycles. The van der Waals surface area contributed by atoms with Crippen LogP contribution in [0.4, 0.5) is 4.39 Å². The van der Waals surface area contributed by atoms with Gasteiger partial charge in [0.15, 0.2) is 5.82 Å². The van der Waals surface area contributed by atoms with E-state index in [0.717, 1.165) is 41.7 Å². The van der Waals surface area contributed by atoms with Crippen molar-refractivity contribution in [2.75, 3.05) is 7.11 Å². The number of halogens is 1. The molecule has 1 fully saturated rings. The van der Waals surface area contributed by atoms with Crippen molar-refractivity contribution in [3.8, 4) is 23.1 Å². The van der Waals surface area contributed by atoms with Gasteiger partial charge in [-0.05, 0) is 51.7 Å². The van der Waals surface area contributed by atoms with Gasteiger partial charge in [-0.2, -0.15) is 4.98 Å². The molecule has 0 spiro atoms. The van der Waals surface area contributed by atoms with Crippen molar-refractivity contribution in [1.29, 1.82) is 0 Å². The molecule has 1 aliphatic rings. The van der Waals surface area contributed by atoms with Crippen LogP contribution in [0, 0.1) is 12.7 Å². The van der Waals surface area contributed by atoms with Crippen molar-refractivity contribution >= 4 is 5.57 Å². The molecule has 0 amide bonds. The molecule has 0 unspecified atom stereocenters. The predicted octanol–water partition coefficient (Wildman–Crippen LogP) is 5.44. The highest BCUT2D eigenvalue weighted by atomic mass is 19.1. The monoisotopic (exact) mass is 449 g/mol. The quantitative estimate of drug-likeness (QED) is 0.452. The maximum absolute atomic E-state index is 14.7. The molecule has 3 heterocycles. The lowest BCUT2D eigenvalue weighted by atomic mass is 10.0. The van der Waals surface area contributed by atoms with E-state index >= 15 is 0 Å². The molecule has 3 aromatic heterocycles. The Labute approximate surface area is 193 Å². The largest absolute Gasteiger partial charge is 0.480 e. The summed E-state index contributed by atoms with van der Waals surface area (Å²) in [6, 6.07) is 1.46. The van der Waals surface area contributed by atoms with E-state index in [-0.39, 0.29) is 12.4 Å². The molecule has 0 N–H and O–H groups in total. The van der Waals surface area contributed by atoms with Crippen LogP contribution in [0.15, 0.2) is 30.4 Å². The number of methoxy groups -OCH3 is 1. The highest BCUT2D eigenvalue weighted by Crippen LogP contribution is 2.45. The van der Waals surface area contributed by atoms with Crippen molar-refractivity contribution in [2.45, 2.75) is 59.5 Å². The standard InChI is InChI=1S/C25H28FN5O2/c1-6-14(2)16(4)21-19(26)9-17(11-27-21)12-33-24-15(3)10-28-23(31-24)20-22(18-7-8-18)29-13-30-25(20)32-5/h9-11,13,18H,6-8,12H2,1-5H3. The van der Waals surface area contributed by atoms with Gasteiger partial charge in [0.1, 0.15) is 30.0 Å². The Morgan fingerprint density at radius 3 is 2.55 bits per heavy atom. The van der Waals surface area contributed by atoms with Crippen LogP contribution in [-0.2, 0) is 6.61 Å². The first-order valence-corrected chi connectivity index (χ1v) is 11.1. The molecular weight excluding hydrogens is 421 g/mol. The first-order valence-electron chi connectivity index (χ1n) is 11.1. The lowest BCUT2D eigenvalue weighted by Crippen LogP contribution is -2.06. The van der Waals surface area contributed by atoms with Gasteiger partial charge in [-0.25, -0.2) is 19.3 Å². The lowest BCUT2D eigenvalue weighted by molar-refractivity contribution is 0.290. The zero-order chi connectivity index (χ0) is 23.5. The number of hydrogen-bond acceptors (Lipinski definition) is 7. The van der Waals surface area contributed by atoms with E-state index in [1.54, 1.807) is 19.5 Å². The van der Waals surface area contributed by atoms with Crippen molar-refractivity contribution < 1.29 is 13.9 Å². The molecular formula is C25H28FN5O2. The molecule has 4 rings (SSSR count). The fourth-order valence-electron chi connectivity index (χ4n) is 3.56. The summed E-state index contributed by atoms with van der Waals surface area (Å²) in [7, 11) is 1.57. The van der Waals surface area contributed by atoms with Crippen molar-refractivity contribution in [3.05, 3.63) is 58.7 Å². The summed E-state index contributed by atoms with van der Waals surface area (Å²) in [4.78, 5) is 22.1. The number of allylic oxidation sites excluding steroid dienone is 2. The third kappa shape index (κ3) is 4.84. The van der Waals surface area contributed by atoms with Gasteiger partial charge in [0, 0.05) is 29.4 Å². The normalized spacial score (nSPS) is 14.1. The van der Waals surface area contributed by atoms with Crippen LogP contribution in [0.2, 0.25) is 0 Å².